The monoisotopic (exact) mass is 238 g/mol. The average molecular weight is 238 g/mol. The van der Waals surface area contributed by atoms with Gasteiger partial charge >= 0.3 is 0 Å². The molecule has 0 heteroatoms. The summed E-state index contributed by atoms with van der Waals surface area (Å²) in [7, 11) is 0. The maximum absolute atomic E-state index is 2.46. The molecule has 102 valence electrons. The van der Waals surface area contributed by atoms with E-state index in [1.165, 1.54) is 83.5 Å². The summed E-state index contributed by atoms with van der Waals surface area (Å²) in [5, 5.41) is 0. The molecule has 0 amide bonds. The standard InChI is InChI=1S/C17H34/c1-3-17-14-10-6-4-8-12-16(2)13-9-5-7-11-15-17/h16-17H,3-15H2,1-2H3. The van der Waals surface area contributed by atoms with Gasteiger partial charge in [0.05, 0.1) is 0 Å². The van der Waals surface area contributed by atoms with Crippen molar-refractivity contribution < 1.29 is 0 Å². The minimum atomic E-state index is 0.987. The molecule has 1 aliphatic rings. The summed E-state index contributed by atoms with van der Waals surface area (Å²) in [5.41, 5.74) is 0. The van der Waals surface area contributed by atoms with E-state index in [0.29, 0.717) is 0 Å². The SMILES string of the molecule is CCC1CCCCCCC(C)CCCCCC1. The molecule has 0 bridgehead atoms. The summed E-state index contributed by atoms with van der Waals surface area (Å²) in [6, 6.07) is 0. The fraction of sp³-hybridized carbons (Fsp3) is 1.00. The van der Waals surface area contributed by atoms with Crippen LogP contribution in [0.15, 0.2) is 0 Å². The molecule has 0 aromatic rings. The molecule has 0 atom stereocenters. The van der Waals surface area contributed by atoms with Crippen LogP contribution in [-0.2, 0) is 0 Å². The summed E-state index contributed by atoms with van der Waals surface area (Å²) in [6.45, 7) is 4.84. The first-order chi connectivity index (χ1) is 8.33. The molecule has 0 N–H and O–H groups in total. The van der Waals surface area contributed by atoms with Crippen molar-refractivity contribution in [2.45, 2.75) is 97.3 Å². The van der Waals surface area contributed by atoms with E-state index in [1.54, 1.807) is 0 Å². The van der Waals surface area contributed by atoms with Crippen LogP contribution in [0.2, 0.25) is 0 Å². The summed E-state index contributed by atoms with van der Waals surface area (Å²) in [5.74, 6) is 2.03. The lowest BCUT2D eigenvalue weighted by molar-refractivity contribution is 0.374. The summed E-state index contributed by atoms with van der Waals surface area (Å²) >= 11 is 0. The average Bonchev–Trinajstić information content (AvgIpc) is 2.34. The Hall–Kier alpha value is 0. The van der Waals surface area contributed by atoms with Crippen LogP contribution < -0.4 is 0 Å². The van der Waals surface area contributed by atoms with Crippen molar-refractivity contribution >= 4 is 0 Å². The third-order valence-electron chi connectivity index (χ3n) is 4.70. The molecule has 17 heavy (non-hydrogen) atoms. The minimum absolute atomic E-state index is 0.987. The molecule has 0 radical (unpaired) electrons. The predicted molar refractivity (Wildman–Crippen MR) is 78.3 cm³/mol. The predicted octanol–water partition coefficient (Wildman–Crippen LogP) is 6.34. The van der Waals surface area contributed by atoms with E-state index >= 15 is 0 Å². The van der Waals surface area contributed by atoms with Gasteiger partial charge in [0.25, 0.3) is 0 Å². The van der Waals surface area contributed by atoms with Gasteiger partial charge in [0.15, 0.2) is 0 Å². The number of hydrogen-bond acceptors (Lipinski definition) is 0. The Morgan fingerprint density at radius 3 is 1.47 bits per heavy atom. The van der Waals surface area contributed by atoms with Gasteiger partial charge in [-0.05, 0) is 11.8 Å². The van der Waals surface area contributed by atoms with E-state index in [9.17, 15) is 0 Å². The third-order valence-corrected chi connectivity index (χ3v) is 4.70. The molecular weight excluding hydrogens is 204 g/mol. The van der Waals surface area contributed by atoms with E-state index in [0.717, 1.165) is 11.8 Å². The van der Waals surface area contributed by atoms with Gasteiger partial charge in [-0.15, -0.1) is 0 Å². The summed E-state index contributed by atoms with van der Waals surface area (Å²) in [6.07, 6.45) is 19.3. The lowest BCUT2D eigenvalue weighted by atomic mass is 9.90. The van der Waals surface area contributed by atoms with Crippen molar-refractivity contribution in [1.82, 2.24) is 0 Å². The second-order valence-electron chi connectivity index (χ2n) is 6.36. The van der Waals surface area contributed by atoms with Gasteiger partial charge in [0.2, 0.25) is 0 Å². The van der Waals surface area contributed by atoms with E-state index in [2.05, 4.69) is 13.8 Å². The number of rotatable bonds is 1. The van der Waals surface area contributed by atoms with Gasteiger partial charge in [0, 0.05) is 0 Å². The van der Waals surface area contributed by atoms with Crippen LogP contribution in [0, 0.1) is 11.8 Å². The quantitative estimate of drug-likeness (QED) is 0.500. The summed E-state index contributed by atoms with van der Waals surface area (Å²) in [4.78, 5) is 0. The van der Waals surface area contributed by atoms with Crippen LogP contribution in [0.5, 0.6) is 0 Å². The Balaban J connectivity index is 2.23. The van der Waals surface area contributed by atoms with E-state index < -0.39 is 0 Å². The molecule has 1 fully saturated rings. The van der Waals surface area contributed by atoms with Crippen molar-refractivity contribution in [2.24, 2.45) is 11.8 Å². The molecule has 0 heterocycles. The van der Waals surface area contributed by atoms with Gasteiger partial charge in [-0.25, -0.2) is 0 Å². The Bertz CT molecular complexity index is 145. The third kappa shape index (κ3) is 7.84. The van der Waals surface area contributed by atoms with Crippen LogP contribution in [0.25, 0.3) is 0 Å². The van der Waals surface area contributed by atoms with Crippen molar-refractivity contribution in [3.63, 3.8) is 0 Å². The van der Waals surface area contributed by atoms with Gasteiger partial charge in [-0.2, -0.15) is 0 Å². The topological polar surface area (TPSA) is 0 Å². The fourth-order valence-electron chi connectivity index (χ4n) is 3.26. The first-order valence-electron chi connectivity index (χ1n) is 8.33. The molecule has 0 nitrogen and oxygen atoms in total. The normalized spacial score (nSPS) is 30.7. The summed E-state index contributed by atoms with van der Waals surface area (Å²) < 4.78 is 0. The Morgan fingerprint density at radius 2 is 1.06 bits per heavy atom. The molecule has 0 aromatic carbocycles. The highest BCUT2D eigenvalue weighted by atomic mass is 14.1. The molecule has 1 rings (SSSR count). The van der Waals surface area contributed by atoms with Crippen molar-refractivity contribution in [2.75, 3.05) is 0 Å². The highest BCUT2D eigenvalue weighted by molar-refractivity contribution is 4.61. The van der Waals surface area contributed by atoms with Crippen LogP contribution in [0.1, 0.15) is 97.3 Å². The van der Waals surface area contributed by atoms with Gasteiger partial charge in [0.1, 0.15) is 0 Å². The smallest absolute Gasteiger partial charge is 0.0417 e. The maximum atomic E-state index is 2.46. The zero-order chi connectivity index (χ0) is 12.3. The Kier molecular flexibility index (Phi) is 8.83. The second kappa shape index (κ2) is 9.97. The van der Waals surface area contributed by atoms with E-state index in [4.69, 9.17) is 0 Å². The van der Waals surface area contributed by atoms with E-state index in [1.807, 2.05) is 0 Å². The Morgan fingerprint density at radius 1 is 0.647 bits per heavy atom. The molecule has 0 spiro atoms. The minimum Gasteiger partial charge on any atom is -0.0651 e. The second-order valence-corrected chi connectivity index (χ2v) is 6.36. The highest BCUT2D eigenvalue weighted by Crippen LogP contribution is 2.24. The molecular formula is C17H34. The van der Waals surface area contributed by atoms with Crippen molar-refractivity contribution in [3.8, 4) is 0 Å². The Labute approximate surface area is 110 Å². The van der Waals surface area contributed by atoms with Crippen LogP contribution >= 0.6 is 0 Å². The van der Waals surface area contributed by atoms with Gasteiger partial charge in [-0.1, -0.05) is 97.3 Å². The van der Waals surface area contributed by atoms with Gasteiger partial charge in [-0.3, -0.25) is 0 Å². The lowest BCUT2D eigenvalue weighted by Gasteiger charge is -2.16. The van der Waals surface area contributed by atoms with Crippen molar-refractivity contribution in [3.05, 3.63) is 0 Å². The largest absolute Gasteiger partial charge is 0.0651 e. The van der Waals surface area contributed by atoms with E-state index in [-0.39, 0.29) is 0 Å². The zero-order valence-electron chi connectivity index (χ0n) is 12.3. The molecule has 1 aliphatic carbocycles. The zero-order valence-corrected chi connectivity index (χ0v) is 12.3. The molecule has 0 unspecified atom stereocenters. The molecule has 0 aromatic heterocycles. The molecule has 1 saturated carbocycles. The maximum Gasteiger partial charge on any atom is -0.0417 e. The van der Waals surface area contributed by atoms with Gasteiger partial charge < -0.3 is 0 Å². The van der Waals surface area contributed by atoms with Crippen molar-refractivity contribution in [1.29, 1.82) is 0 Å². The number of hydrogen-bond donors (Lipinski definition) is 0. The highest BCUT2D eigenvalue weighted by Gasteiger charge is 2.07. The van der Waals surface area contributed by atoms with Crippen LogP contribution in [-0.4, -0.2) is 0 Å². The lowest BCUT2D eigenvalue weighted by Crippen LogP contribution is -2.01. The fourth-order valence-corrected chi connectivity index (χ4v) is 3.26. The van der Waals surface area contributed by atoms with Crippen LogP contribution in [0.3, 0.4) is 0 Å². The molecule has 0 saturated heterocycles. The first kappa shape index (κ1) is 15.1. The van der Waals surface area contributed by atoms with Crippen LogP contribution in [0.4, 0.5) is 0 Å². The molecule has 0 aliphatic heterocycles. The first-order valence-corrected chi connectivity index (χ1v) is 8.33.